The molecule has 114 valence electrons. The van der Waals surface area contributed by atoms with Crippen molar-refractivity contribution in [1.82, 2.24) is 19.8 Å². The molecule has 2 aromatic heterocycles. The maximum atomic E-state index is 4.68. The van der Waals surface area contributed by atoms with Gasteiger partial charge in [0.2, 0.25) is 4.96 Å². The zero-order valence-corrected chi connectivity index (χ0v) is 13.9. The van der Waals surface area contributed by atoms with Gasteiger partial charge in [-0.05, 0) is 17.7 Å². The van der Waals surface area contributed by atoms with Crippen molar-refractivity contribution in [3.05, 3.63) is 77.1 Å². The van der Waals surface area contributed by atoms with Gasteiger partial charge in [-0.25, -0.2) is 0 Å². The first-order chi connectivity index (χ1) is 11.4. The average molecular weight is 338 g/mol. The molecule has 2 heterocycles. The van der Waals surface area contributed by atoms with Gasteiger partial charge in [0.05, 0.1) is 5.75 Å². The van der Waals surface area contributed by atoms with Crippen LogP contribution < -0.4 is 0 Å². The first-order valence-corrected chi connectivity index (χ1v) is 9.10. The van der Waals surface area contributed by atoms with Crippen LogP contribution in [0.2, 0.25) is 0 Å². The third-order valence-electron chi connectivity index (χ3n) is 3.41. The van der Waals surface area contributed by atoms with E-state index in [1.807, 2.05) is 28.8 Å². The van der Waals surface area contributed by atoms with E-state index in [2.05, 4.69) is 51.7 Å². The van der Waals surface area contributed by atoms with Crippen molar-refractivity contribution < 1.29 is 0 Å². The Morgan fingerprint density at radius 2 is 1.65 bits per heavy atom. The molecular formula is C17H14N4S2. The minimum absolute atomic E-state index is 0.764. The van der Waals surface area contributed by atoms with Crippen LogP contribution in [0.25, 0.3) is 4.96 Å². The number of benzene rings is 2. The van der Waals surface area contributed by atoms with Crippen LogP contribution in [-0.4, -0.2) is 19.8 Å². The van der Waals surface area contributed by atoms with Gasteiger partial charge >= 0.3 is 0 Å². The summed E-state index contributed by atoms with van der Waals surface area (Å²) in [5.41, 5.74) is 1.26. The monoisotopic (exact) mass is 338 g/mol. The Kier molecular flexibility index (Phi) is 4.08. The van der Waals surface area contributed by atoms with Gasteiger partial charge in [0.1, 0.15) is 5.01 Å². The Bertz CT molecular complexity index is 900. The fourth-order valence-electron chi connectivity index (χ4n) is 2.29. The second-order valence-electron chi connectivity index (χ2n) is 5.07. The van der Waals surface area contributed by atoms with Gasteiger partial charge < -0.3 is 0 Å². The number of fused-ring (bicyclic) bond motifs is 1. The minimum Gasteiger partial charge on any atom is -0.186 e. The van der Waals surface area contributed by atoms with Crippen molar-refractivity contribution in [2.75, 3.05) is 0 Å². The summed E-state index contributed by atoms with van der Waals surface area (Å²) in [6.45, 7) is 0. The average Bonchev–Trinajstić information content (AvgIpc) is 3.15. The van der Waals surface area contributed by atoms with Crippen molar-refractivity contribution in [3.63, 3.8) is 0 Å². The number of rotatable bonds is 5. The number of hydrogen-bond acceptors (Lipinski definition) is 5. The summed E-state index contributed by atoms with van der Waals surface area (Å²) in [5.74, 6) is 1.66. The molecule has 0 amide bonds. The summed E-state index contributed by atoms with van der Waals surface area (Å²) in [6, 6.07) is 20.7. The highest BCUT2D eigenvalue weighted by atomic mass is 32.2. The highest BCUT2D eigenvalue weighted by molar-refractivity contribution is 7.98. The molecule has 0 saturated carbocycles. The lowest BCUT2D eigenvalue weighted by Crippen LogP contribution is -1.96. The Balaban J connectivity index is 1.52. The smallest absolute Gasteiger partial charge is 0.186 e. The molecule has 0 N–H and O–H groups in total. The first kappa shape index (κ1) is 14.4. The highest BCUT2D eigenvalue weighted by Crippen LogP contribution is 2.23. The van der Waals surface area contributed by atoms with E-state index in [1.54, 1.807) is 23.1 Å². The number of hydrogen-bond donors (Lipinski definition) is 0. The van der Waals surface area contributed by atoms with E-state index >= 15 is 0 Å². The summed E-state index contributed by atoms with van der Waals surface area (Å²) in [7, 11) is 0. The molecule has 6 heteroatoms. The van der Waals surface area contributed by atoms with Gasteiger partial charge in [-0.2, -0.15) is 9.61 Å². The van der Waals surface area contributed by atoms with E-state index in [4.69, 9.17) is 0 Å². The molecule has 0 unspecified atom stereocenters. The highest BCUT2D eigenvalue weighted by Gasteiger charge is 2.12. The van der Waals surface area contributed by atoms with Crippen molar-refractivity contribution in [3.8, 4) is 0 Å². The predicted octanol–water partition coefficient (Wildman–Crippen LogP) is 4.07. The lowest BCUT2D eigenvalue weighted by atomic mass is 10.2. The molecule has 2 aromatic carbocycles. The Morgan fingerprint density at radius 1 is 0.913 bits per heavy atom. The predicted molar refractivity (Wildman–Crippen MR) is 93.9 cm³/mol. The molecule has 0 atom stereocenters. The molecule has 23 heavy (non-hydrogen) atoms. The number of thioether (sulfide) groups is 1. The van der Waals surface area contributed by atoms with Crippen molar-refractivity contribution in [2.24, 2.45) is 0 Å². The molecule has 4 aromatic rings. The SMILES string of the molecule is c1ccc(Cc2nn3c(CSc4ccccc4)nnc3s2)cc1. The summed E-state index contributed by atoms with van der Waals surface area (Å²) < 4.78 is 1.87. The van der Waals surface area contributed by atoms with Crippen molar-refractivity contribution in [1.29, 1.82) is 0 Å². The van der Waals surface area contributed by atoms with Crippen LogP contribution in [0.3, 0.4) is 0 Å². The first-order valence-electron chi connectivity index (χ1n) is 7.30. The van der Waals surface area contributed by atoms with E-state index in [1.165, 1.54) is 10.5 Å². The van der Waals surface area contributed by atoms with Crippen LogP contribution in [0.5, 0.6) is 0 Å². The number of nitrogens with zero attached hydrogens (tertiary/aromatic N) is 4. The molecule has 0 bridgehead atoms. The van der Waals surface area contributed by atoms with Gasteiger partial charge in [-0.15, -0.1) is 22.0 Å². The zero-order chi connectivity index (χ0) is 15.5. The molecular weight excluding hydrogens is 324 g/mol. The molecule has 0 radical (unpaired) electrons. The summed E-state index contributed by atoms with van der Waals surface area (Å²) in [6.07, 6.45) is 0.833. The van der Waals surface area contributed by atoms with E-state index < -0.39 is 0 Å². The fraction of sp³-hybridized carbons (Fsp3) is 0.118. The lowest BCUT2D eigenvalue weighted by molar-refractivity contribution is 0.856. The number of aromatic nitrogens is 4. The molecule has 0 fully saturated rings. The molecule has 0 spiro atoms. The normalized spacial score (nSPS) is 11.1. The van der Waals surface area contributed by atoms with Gasteiger partial charge in [0.25, 0.3) is 0 Å². The van der Waals surface area contributed by atoms with Crippen LogP contribution in [-0.2, 0) is 12.2 Å². The topological polar surface area (TPSA) is 43.1 Å². The molecule has 0 aliphatic carbocycles. The van der Waals surface area contributed by atoms with Crippen LogP contribution in [0.1, 0.15) is 16.4 Å². The summed E-state index contributed by atoms with van der Waals surface area (Å²) in [5, 5.41) is 14.2. The van der Waals surface area contributed by atoms with Crippen molar-refractivity contribution >= 4 is 28.1 Å². The quantitative estimate of drug-likeness (QED) is 0.515. The van der Waals surface area contributed by atoms with Gasteiger partial charge in [0.15, 0.2) is 5.82 Å². The van der Waals surface area contributed by atoms with Gasteiger partial charge in [-0.3, -0.25) is 0 Å². The molecule has 4 rings (SSSR count). The maximum absolute atomic E-state index is 4.68. The second kappa shape index (κ2) is 6.52. The Hall–Kier alpha value is -2.18. The van der Waals surface area contributed by atoms with Gasteiger partial charge in [-0.1, -0.05) is 59.9 Å². The van der Waals surface area contributed by atoms with E-state index in [0.29, 0.717) is 0 Å². The molecule has 0 saturated heterocycles. The molecule has 0 aliphatic heterocycles. The fourth-order valence-corrected chi connectivity index (χ4v) is 4.01. The van der Waals surface area contributed by atoms with Crippen LogP contribution in [0.15, 0.2) is 65.6 Å². The van der Waals surface area contributed by atoms with Crippen LogP contribution in [0, 0.1) is 0 Å². The molecule has 4 nitrogen and oxygen atoms in total. The maximum Gasteiger partial charge on any atom is 0.234 e. The zero-order valence-electron chi connectivity index (χ0n) is 12.3. The Morgan fingerprint density at radius 3 is 2.43 bits per heavy atom. The third kappa shape index (κ3) is 3.28. The van der Waals surface area contributed by atoms with E-state index in [0.717, 1.165) is 28.0 Å². The minimum atomic E-state index is 0.764. The standard InChI is InChI=1S/C17H14N4S2/c1-3-7-13(8-4-1)11-16-20-21-15(18-19-17(21)23-16)12-22-14-9-5-2-6-10-14/h1-10H,11-12H2. The summed E-state index contributed by atoms with van der Waals surface area (Å²) in [4.78, 5) is 2.09. The van der Waals surface area contributed by atoms with Crippen molar-refractivity contribution in [2.45, 2.75) is 17.1 Å². The largest absolute Gasteiger partial charge is 0.234 e. The third-order valence-corrected chi connectivity index (χ3v) is 5.31. The van der Waals surface area contributed by atoms with Gasteiger partial charge in [0, 0.05) is 11.3 Å². The second-order valence-corrected chi connectivity index (χ2v) is 7.16. The lowest BCUT2D eigenvalue weighted by Gasteiger charge is -1.98. The van der Waals surface area contributed by atoms with E-state index in [-0.39, 0.29) is 0 Å². The van der Waals surface area contributed by atoms with Crippen LogP contribution >= 0.6 is 23.1 Å². The van der Waals surface area contributed by atoms with Crippen LogP contribution in [0.4, 0.5) is 0 Å². The molecule has 0 aliphatic rings. The Labute approximate surface area is 142 Å². The van der Waals surface area contributed by atoms with E-state index in [9.17, 15) is 0 Å². The summed E-state index contributed by atoms with van der Waals surface area (Å²) >= 11 is 3.35.